The molecule has 1 saturated carbocycles. The van der Waals surface area contributed by atoms with Crippen molar-refractivity contribution in [3.05, 3.63) is 77.7 Å². The number of amides is 1. The van der Waals surface area contributed by atoms with Crippen LogP contribution in [-0.2, 0) is 10.2 Å². The maximum Gasteiger partial charge on any atom is 0.407 e. The van der Waals surface area contributed by atoms with Crippen molar-refractivity contribution in [1.29, 1.82) is 0 Å². The molecule has 0 spiro atoms. The highest BCUT2D eigenvalue weighted by Gasteiger charge is 2.34. The molecule has 2 aromatic carbocycles. The predicted octanol–water partition coefficient (Wildman–Crippen LogP) is 6.34. The molecule has 7 heteroatoms. The van der Waals surface area contributed by atoms with Crippen LogP contribution in [0.1, 0.15) is 64.3 Å². The molecule has 1 heterocycles. The number of benzene rings is 2. The number of aromatic nitrogens is 2. The number of rotatable bonds is 7. The largest absolute Gasteiger partial charge is 0.490 e. The van der Waals surface area contributed by atoms with Crippen molar-refractivity contribution in [2.75, 3.05) is 0 Å². The molecule has 1 aliphatic carbocycles. The minimum absolute atomic E-state index is 0.0573. The van der Waals surface area contributed by atoms with E-state index in [4.69, 9.17) is 14.2 Å². The number of alkyl carbamates (subject to hydrolysis) is 1. The summed E-state index contributed by atoms with van der Waals surface area (Å²) in [5.41, 5.74) is 2.66. The Bertz CT molecular complexity index is 1180. The van der Waals surface area contributed by atoms with Crippen LogP contribution >= 0.6 is 0 Å². The smallest absolute Gasteiger partial charge is 0.407 e. The van der Waals surface area contributed by atoms with Gasteiger partial charge in [-0.15, -0.1) is 0 Å². The molecule has 4 rings (SSSR count). The van der Waals surface area contributed by atoms with E-state index in [1.54, 1.807) is 12.4 Å². The summed E-state index contributed by atoms with van der Waals surface area (Å²) in [5, 5.41) is 2.82. The zero-order chi connectivity index (χ0) is 25.9. The van der Waals surface area contributed by atoms with E-state index in [0.29, 0.717) is 18.7 Å². The normalized spacial score (nSPS) is 17.6. The minimum atomic E-state index is -0.374. The van der Waals surface area contributed by atoms with E-state index >= 15 is 0 Å². The first-order chi connectivity index (χ1) is 17.0. The van der Waals surface area contributed by atoms with Crippen molar-refractivity contribution in [1.82, 2.24) is 15.3 Å². The van der Waals surface area contributed by atoms with E-state index < -0.39 is 0 Å². The Morgan fingerprint density at radius 2 is 1.44 bits per heavy atom. The second-order valence-electron chi connectivity index (χ2n) is 10.9. The average Bonchev–Trinajstić information content (AvgIpc) is 2.77. The molecule has 1 aliphatic rings. The van der Waals surface area contributed by atoms with Crippen molar-refractivity contribution >= 4 is 6.09 Å². The van der Waals surface area contributed by atoms with Gasteiger partial charge in [-0.2, -0.15) is 0 Å². The number of nitrogens with one attached hydrogen (secondary N) is 1. The third-order valence-electron chi connectivity index (χ3n) is 6.21. The molecule has 1 N–H and O–H groups in total. The van der Waals surface area contributed by atoms with Gasteiger partial charge in [0.2, 0.25) is 5.88 Å². The van der Waals surface area contributed by atoms with Gasteiger partial charge in [0.05, 0.1) is 11.9 Å². The molecule has 36 heavy (non-hydrogen) atoms. The zero-order valence-electron chi connectivity index (χ0n) is 21.9. The highest BCUT2D eigenvalue weighted by atomic mass is 16.6. The maximum absolute atomic E-state index is 11.9. The highest BCUT2D eigenvalue weighted by Crippen LogP contribution is 2.35. The molecular weight excluding hydrogens is 454 g/mol. The summed E-state index contributed by atoms with van der Waals surface area (Å²) in [6, 6.07) is 16.3. The number of hydrogen-bond acceptors (Lipinski definition) is 6. The Morgan fingerprint density at radius 3 is 2.00 bits per heavy atom. The van der Waals surface area contributed by atoms with Gasteiger partial charge in [0.1, 0.15) is 23.7 Å². The van der Waals surface area contributed by atoms with Gasteiger partial charge in [0.15, 0.2) is 0 Å². The molecule has 0 bridgehead atoms. The summed E-state index contributed by atoms with van der Waals surface area (Å²) < 4.78 is 17.4. The fourth-order valence-electron chi connectivity index (χ4n) is 4.06. The van der Waals surface area contributed by atoms with Gasteiger partial charge in [0, 0.05) is 30.0 Å². The van der Waals surface area contributed by atoms with Gasteiger partial charge in [0.25, 0.3) is 0 Å². The second-order valence-corrected chi connectivity index (χ2v) is 10.9. The van der Waals surface area contributed by atoms with Gasteiger partial charge in [-0.3, -0.25) is 4.98 Å². The van der Waals surface area contributed by atoms with Crippen molar-refractivity contribution in [3.63, 3.8) is 0 Å². The number of aryl methyl sites for hydroxylation is 1. The lowest BCUT2D eigenvalue weighted by atomic mass is 9.78. The van der Waals surface area contributed by atoms with Crippen molar-refractivity contribution in [2.45, 2.75) is 77.5 Å². The Kier molecular flexibility index (Phi) is 7.20. The highest BCUT2D eigenvalue weighted by molar-refractivity contribution is 5.68. The van der Waals surface area contributed by atoms with Gasteiger partial charge in [-0.25, -0.2) is 9.78 Å². The molecule has 0 atom stereocenters. The molecule has 7 nitrogen and oxygen atoms in total. The van der Waals surface area contributed by atoms with E-state index in [1.165, 1.54) is 11.1 Å². The molecule has 1 fully saturated rings. The van der Waals surface area contributed by atoms with Crippen LogP contribution in [0.25, 0.3) is 0 Å². The third kappa shape index (κ3) is 6.53. The second kappa shape index (κ2) is 10.2. The molecule has 190 valence electrons. The maximum atomic E-state index is 11.9. The van der Waals surface area contributed by atoms with Gasteiger partial charge < -0.3 is 19.5 Å². The fourth-order valence-corrected chi connectivity index (χ4v) is 4.06. The Balaban J connectivity index is 1.30. The first-order valence-electron chi connectivity index (χ1n) is 12.3. The fraction of sp³-hybridized carbons (Fsp3) is 0.414. The van der Waals surface area contributed by atoms with Crippen LogP contribution in [0.3, 0.4) is 0 Å². The summed E-state index contributed by atoms with van der Waals surface area (Å²) in [4.78, 5) is 20.4. The Hall–Kier alpha value is -3.61. The first-order valence-corrected chi connectivity index (χ1v) is 12.3. The van der Waals surface area contributed by atoms with Crippen LogP contribution in [0.4, 0.5) is 4.79 Å². The third-order valence-corrected chi connectivity index (χ3v) is 6.21. The van der Waals surface area contributed by atoms with Crippen LogP contribution < -0.4 is 14.8 Å². The standard InChI is InChI=1S/C29H35N3O4/c1-19-17-30-18-26(31-19)35-23-13-9-21(10-14-23)29(5,6)20-7-11-22(12-8-20)34-24-15-25(16-24)36-27(33)32-28(2,3)4/h7-14,17-18,24-25H,15-16H2,1-6H3,(H,32,33). The first kappa shape index (κ1) is 25.5. The summed E-state index contributed by atoms with van der Waals surface area (Å²) >= 11 is 0. The summed E-state index contributed by atoms with van der Waals surface area (Å²) in [6.07, 6.45) is 4.29. The quantitative estimate of drug-likeness (QED) is 0.417. The molecule has 1 amide bonds. The molecule has 0 radical (unpaired) electrons. The van der Waals surface area contributed by atoms with Gasteiger partial charge in [-0.1, -0.05) is 38.1 Å². The molecule has 0 unspecified atom stereocenters. The van der Waals surface area contributed by atoms with E-state index in [9.17, 15) is 4.79 Å². The minimum Gasteiger partial charge on any atom is -0.490 e. The van der Waals surface area contributed by atoms with E-state index in [0.717, 1.165) is 17.2 Å². The predicted molar refractivity (Wildman–Crippen MR) is 139 cm³/mol. The topological polar surface area (TPSA) is 82.6 Å². The van der Waals surface area contributed by atoms with Gasteiger partial charge in [-0.05, 0) is 63.1 Å². The van der Waals surface area contributed by atoms with Crippen molar-refractivity contribution in [2.24, 2.45) is 0 Å². The lowest BCUT2D eigenvalue weighted by Crippen LogP contribution is -2.46. The van der Waals surface area contributed by atoms with Gasteiger partial charge >= 0.3 is 6.09 Å². The number of hydrogen-bond donors (Lipinski definition) is 1. The number of nitrogens with zero attached hydrogens (tertiary/aromatic N) is 2. The van der Waals surface area contributed by atoms with Crippen molar-refractivity contribution in [3.8, 4) is 17.4 Å². The van der Waals surface area contributed by atoms with Crippen LogP contribution in [-0.4, -0.2) is 33.8 Å². The number of ether oxygens (including phenoxy) is 3. The lowest BCUT2D eigenvalue weighted by molar-refractivity contribution is -0.0243. The molecule has 3 aromatic rings. The molecular formula is C29H35N3O4. The van der Waals surface area contributed by atoms with E-state index in [-0.39, 0.29) is 29.3 Å². The average molecular weight is 490 g/mol. The number of carbonyl (C=O) groups is 1. The summed E-state index contributed by atoms with van der Waals surface area (Å²) in [6.45, 7) is 12.1. The molecule has 0 saturated heterocycles. The van der Waals surface area contributed by atoms with Crippen LogP contribution in [0.5, 0.6) is 17.4 Å². The van der Waals surface area contributed by atoms with E-state index in [1.807, 2.05) is 52.0 Å². The molecule has 0 aliphatic heterocycles. The SMILES string of the molecule is Cc1cncc(Oc2ccc(C(C)(C)c3ccc(OC4CC(OC(=O)NC(C)(C)C)C4)cc3)cc2)n1. The number of carbonyl (C=O) groups excluding carboxylic acids is 1. The van der Waals surface area contributed by atoms with Crippen LogP contribution in [0.15, 0.2) is 60.9 Å². The Labute approximate surface area is 213 Å². The van der Waals surface area contributed by atoms with E-state index in [2.05, 4.69) is 53.4 Å². The monoisotopic (exact) mass is 489 g/mol. The Morgan fingerprint density at radius 1 is 0.861 bits per heavy atom. The summed E-state index contributed by atoms with van der Waals surface area (Å²) in [7, 11) is 0. The van der Waals surface area contributed by atoms with Crippen molar-refractivity contribution < 1.29 is 19.0 Å². The molecule has 1 aromatic heterocycles. The summed E-state index contributed by atoms with van der Waals surface area (Å²) in [5.74, 6) is 2.02. The lowest BCUT2D eigenvalue weighted by Gasteiger charge is -2.35. The zero-order valence-corrected chi connectivity index (χ0v) is 21.9. The van der Waals surface area contributed by atoms with Crippen LogP contribution in [0.2, 0.25) is 0 Å². The van der Waals surface area contributed by atoms with Crippen LogP contribution in [0, 0.1) is 6.92 Å².